The van der Waals surface area contributed by atoms with Gasteiger partial charge in [0, 0.05) is 54.8 Å². The highest BCUT2D eigenvalue weighted by atomic mass is 35.5. The summed E-state index contributed by atoms with van der Waals surface area (Å²) in [7, 11) is 0. The van der Waals surface area contributed by atoms with E-state index in [1.807, 2.05) is 29.2 Å². The number of hydrogen-bond donors (Lipinski definition) is 1. The van der Waals surface area contributed by atoms with Gasteiger partial charge in [0.1, 0.15) is 0 Å². The SMILES string of the molecule is Clc1ccccc1C1(CNCc2ccc(-n3ccnc3)cc2)CCOCC1. The first kappa shape index (κ1) is 18.2. The van der Waals surface area contributed by atoms with Crippen LogP contribution in [0.4, 0.5) is 0 Å². The maximum absolute atomic E-state index is 6.53. The summed E-state index contributed by atoms with van der Waals surface area (Å²) in [6, 6.07) is 16.8. The van der Waals surface area contributed by atoms with E-state index in [1.165, 1.54) is 11.1 Å². The highest BCUT2D eigenvalue weighted by Crippen LogP contribution is 2.38. The third-order valence-electron chi connectivity index (χ3n) is 5.43. The van der Waals surface area contributed by atoms with Crippen LogP contribution in [0.1, 0.15) is 24.0 Å². The summed E-state index contributed by atoms with van der Waals surface area (Å²) in [5.41, 5.74) is 3.65. The quantitative estimate of drug-likeness (QED) is 0.689. The molecule has 2 heterocycles. The van der Waals surface area contributed by atoms with Crippen molar-refractivity contribution in [3.05, 3.63) is 83.4 Å². The molecule has 0 unspecified atom stereocenters. The van der Waals surface area contributed by atoms with E-state index in [4.69, 9.17) is 16.3 Å². The van der Waals surface area contributed by atoms with Gasteiger partial charge in [-0.1, -0.05) is 41.9 Å². The minimum Gasteiger partial charge on any atom is -0.381 e. The lowest BCUT2D eigenvalue weighted by Crippen LogP contribution is -2.42. The molecule has 2 aromatic carbocycles. The lowest BCUT2D eigenvalue weighted by Gasteiger charge is -2.38. The van der Waals surface area contributed by atoms with Crippen LogP contribution in [-0.4, -0.2) is 29.3 Å². The first-order chi connectivity index (χ1) is 13.3. The van der Waals surface area contributed by atoms with E-state index in [0.29, 0.717) is 0 Å². The van der Waals surface area contributed by atoms with Crippen molar-refractivity contribution in [2.45, 2.75) is 24.8 Å². The zero-order valence-corrected chi connectivity index (χ0v) is 16.0. The van der Waals surface area contributed by atoms with E-state index in [-0.39, 0.29) is 5.41 Å². The highest BCUT2D eigenvalue weighted by Gasteiger charge is 2.35. The summed E-state index contributed by atoms with van der Waals surface area (Å²) in [6.45, 7) is 3.29. The first-order valence-electron chi connectivity index (χ1n) is 9.38. The molecule has 0 radical (unpaired) electrons. The lowest BCUT2D eigenvalue weighted by molar-refractivity contribution is 0.0498. The molecule has 1 saturated heterocycles. The van der Waals surface area contributed by atoms with Crippen LogP contribution in [-0.2, 0) is 16.7 Å². The number of hydrogen-bond acceptors (Lipinski definition) is 3. The van der Waals surface area contributed by atoms with Crippen LogP contribution in [0.2, 0.25) is 5.02 Å². The molecular weight excluding hydrogens is 358 g/mol. The van der Waals surface area contributed by atoms with E-state index in [2.05, 4.69) is 46.7 Å². The molecule has 4 nitrogen and oxygen atoms in total. The third-order valence-corrected chi connectivity index (χ3v) is 5.76. The molecule has 140 valence electrons. The molecule has 1 aromatic heterocycles. The van der Waals surface area contributed by atoms with Crippen LogP contribution in [0.3, 0.4) is 0 Å². The van der Waals surface area contributed by atoms with Gasteiger partial charge in [0.15, 0.2) is 0 Å². The van der Waals surface area contributed by atoms with Gasteiger partial charge in [0.05, 0.1) is 6.33 Å². The van der Waals surface area contributed by atoms with Crippen molar-refractivity contribution in [2.24, 2.45) is 0 Å². The number of aromatic nitrogens is 2. The first-order valence-corrected chi connectivity index (χ1v) is 9.75. The van der Waals surface area contributed by atoms with Crippen molar-refractivity contribution in [3.8, 4) is 5.69 Å². The summed E-state index contributed by atoms with van der Waals surface area (Å²) in [5.74, 6) is 0. The molecule has 1 fully saturated rings. The molecule has 0 amide bonds. The molecule has 0 saturated carbocycles. The number of rotatable bonds is 6. The topological polar surface area (TPSA) is 39.1 Å². The Balaban J connectivity index is 1.43. The molecule has 1 N–H and O–H groups in total. The van der Waals surface area contributed by atoms with Gasteiger partial charge in [-0.3, -0.25) is 0 Å². The van der Waals surface area contributed by atoms with Gasteiger partial charge in [-0.25, -0.2) is 4.98 Å². The van der Waals surface area contributed by atoms with E-state index in [9.17, 15) is 0 Å². The molecule has 4 rings (SSSR count). The zero-order valence-electron chi connectivity index (χ0n) is 15.3. The number of nitrogens with one attached hydrogen (secondary N) is 1. The van der Waals surface area contributed by atoms with Crippen LogP contribution in [0.15, 0.2) is 67.3 Å². The Kier molecular flexibility index (Phi) is 5.58. The molecule has 0 spiro atoms. The zero-order chi connectivity index (χ0) is 18.5. The van der Waals surface area contributed by atoms with Gasteiger partial charge in [0.2, 0.25) is 0 Å². The normalized spacial score (nSPS) is 16.3. The maximum atomic E-state index is 6.53. The van der Waals surface area contributed by atoms with E-state index in [0.717, 1.165) is 49.9 Å². The Morgan fingerprint density at radius 1 is 1.07 bits per heavy atom. The number of ether oxygens (including phenoxy) is 1. The fourth-order valence-corrected chi connectivity index (χ4v) is 4.17. The van der Waals surface area contributed by atoms with Crippen LogP contribution in [0.25, 0.3) is 5.69 Å². The van der Waals surface area contributed by atoms with Gasteiger partial charge in [-0.2, -0.15) is 0 Å². The van der Waals surface area contributed by atoms with Crippen molar-refractivity contribution in [1.29, 1.82) is 0 Å². The van der Waals surface area contributed by atoms with E-state index >= 15 is 0 Å². The van der Waals surface area contributed by atoms with Gasteiger partial charge < -0.3 is 14.6 Å². The second kappa shape index (κ2) is 8.26. The highest BCUT2D eigenvalue weighted by molar-refractivity contribution is 6.31. The van der Waals surface area contributed by atoms with Gasteiger partial charge in [-0.05, 0) is 42.2 Å². The maximum Gasteiger partial charge on any atom is 0.0991 e. The van der Waals surface area contributed by atoms with Gasteiger partial charge in [0.25, 0.3) is 0 Å². The third kappa shape index (κ3) is 4.08. The second-order valence-electron chi connectivity index (χ2n) is 7.11. The van der Waals surface area contributed by atoms with Crippen LogP contribution in [0.5, 0.6) is 0 Å². The predicted molar refractivity (Wildman–Crippen MR) is 108 cm³/mol. The van der Waals surface area contributed by atoms with Crippen molar-refractivity contribution in [3.63, 3.8) is 0 Å². The lowest BCUT2D eigenvalue weighted by atomic mass is 9.74. The van der Waals surface area contributed by atoms with Crippen LogP contribution >= 0.6 is 11.6 Å². The Hall–Kier alpha value is -2.14. The Morgan fingerprint density at radius 2 is 1.85 bits per heavy atom. The standard InChI is InChI=1S/C22H24ClN3O/c23-21-4-2-1-3-20(21)22(9-13-27-14-10-22)16-25-15-18-5-7-19(8-6-18)26-12-11-24-17-26/h1-8,11-12,17,25H,9-10,13-16H2. The Labute approximate surface area is 165 Å². The molecule has 0 bridgehead atoms. The number of benzene rings is 2. The van der Waals surface area contributed by atoms with E-state index < -0.39 is 0 Å². The molecule has 5 heteroatoms. The number of imidazole rings is 1. The molecular formula is C22H24ClN3O. The number of nitrogens with zero attached hydrogens (tertiary/aromatic N) is 2. The molecule has 1 aliphatic rings. The summed E-state index contributed by atoms with van der Waals surface area (Å²) in [4.78, 5) is 4.10. The predicted octanol–water partition coefficient (Wildman–Crippen LogP) is 4.36. The number of halogens is 1. The monoisotopic (exact) mass is 381 g/mol. The van der Waals surface area contributed by atoms with Crippen LogP contribution < -0.4 is 5.32 Å². The molecule has 1 aliphatic heterocycles. The Morgan fingerprint density at radius 3 is 2.56 bits per heavy atom. The molecule has 0 aliphatic carbocycles. The summed E-state index contributed by atoms with van der Waals surface area (Å²) >= 11 is 6.53. The van der Waals surface area contributed by atoms with Gasteiger partial charge >= 0.3 is 0 Å². The van der Waals surface area contributed by atoms with Crippen molar-refractivity contribution >= 4 is 11.6 Å². The molecule has 0 atom stereocenters. The Bertz CT molecular complexity index is 856. The average molecular weight is 382 g/mol. The largest absolute Gasteiger partial charge is 0.381 e. The average Bonchev–Trinajstić information content (AvgIpc) is 3.24. The smallest absolute Gasteiger partial charge is 0.0991 e. The fraction of sp³-hybridized carbons (Fsp3) is 0.318. The van der Waals surface area contributed by atoms with Crippen molar-refractivity contribution in [2.75, 3.05) is 19.8 Å². The minimum absolute atomic E-state index is 0.0351. The minimum atomic E-state index is 0.0351. The summed E-state index contributed by atoms with van der Waals surface area (Å²) in [5, 5.41) is 4.51. The summed E-state index contributed by atoms with van der Waals surface area (Å²) in [6.07, 6.45) is 7.53. The van der Waals surface area contributed by atoms with Gasteiger partial charge in [-0.15, -0.1) is 0 Å². The van der Waals surface area contributed by atoms with E-state index in [1.54, 1.807) is 6.20 Å². The molecule has 27 heavy (non-hydrogen) atoms. The second-order valence-corrected chi connectivity index (χ2v) is 7.52. The molecule has 3 aromatic rings. The van der Waals surface area contributed by atoms with Crippen molar-refractivity contribution in [1.82, 2.24) is 14.9 Å². The van der Waals surface area contributed by atoms with Crippen LogP contribution in [0, 0.1) is 0 Å². The van der Waals surface area contributed by atoms with Crippen molar-refractivity contribution < 1.29 is 4.74 Å². The fourth-order valence-electron chi connectivity index (χ4n) is 3.84. The summed E-state index contributed by atoms with van der Waals surface area (Å²) < 4.78 is 7.63.